The van der Waals surface area contributed by atoms with Gasteiger partial charge in [-0.2, -0.15) is 0 Å². The highest BCUT2D eigenvalue weighted by atomic mass is 32.2. The minimum Gasteiger partial charge on any atom is -0.464 e. The van der Waals surface area contributed by atoms with Crippen molar-refractivity contribution in [3.8, 4) is 0 Å². The fraction of sp³-hybridized carbons (Fsp3) is 0.353. The summed E-state index contributed by atoms with van der Waals surface area (Å²) >= 11 is 0. The Morgan fingerprint density at radius 3 is 2.42 bits per heavy atom. The van der Waals surface area contributed by atoms with Crippen molar-refractivity contribution in [2.24, 2.45) is 5.14 Å². The molecule has 0 bridgehead atoms. The van der Waals surface area contributed by atoms with Crippen LogP contribution in [0.5, 0.6) is 0 Å². The summed E-state index contributed by atoms with van der Waals surface area (Å²) in [6.45, 7) is 4.90. The van der Waals surface area contributed by atoms with Crippen LogP contribution in [0.2, 0.25) is 0 Å². The van der Waals surface area contributed by atoms with E-state index in [-0.39, 0.29) is 28.0 Å². The van der Waals surface area contributed by atoms with Crippen LogP contribution in [0.1, 0.15) is 40.8 Å². The zero-order chi connectivity index (χ0) is 17.9. The first-order chi connectivity index (χ1) is 11.2. The highest BCUT2D eigenvalue weighted by molar-refractivity contribution is 7.89. The number of rotatable bonds is 6. The minimum atomic E-state index is -4.03. The van der Waals surface area contributed by atoms with Crippen LogP contribution in [0, 0.1) is 13.8 Å². The van der Waals surface area contributed by atoms with E-state index in [0.29, 0.717) is 0 Å². The van der Waals surface area contributed by atoms with Gasteiger partial charge in [-0.1, -0.05) is 30.3 Å². The lowest BCUT2D eigenvalue weighted by Gasteiger charge is -2.14. The average Bonchev–Trinajstić information content (AvgIpc) is 2.80. The van der Waals surface area contributed by atoms with Crippen molar-refractivity contribution >= 4 is 15.9 Å². The van der Waals surface area contributed by atoms with E-state index in [2.05, 4.69) is 5.32 Å². The van der Waals surface area contributed by atoms with Crippen LogP contribution in [-0.2, 0) is 16.4 Å². The van der Waals surface area contributed by atoms with Crippen LogP contribution in [0.3, 0.4) is 0 Å². The number of amides is 1. The van der Waals surface area contributed by atoms with Crippen LogP contribution < -0.4 is 10.5 Å². The molecule has 130 valence electrons. The molecule has 3 N–H and O–H groups in total. The number of sulfonamides is 1. The van der Waals surface area contributed by atoms with Crippen LogP contribution in [0.25, 0.3) is 0 Å². The van der Waals surface area contributed by atoms with Gasteiger partial charge in [0.15, 0.2) is 0 Å². The predicted octanol–water partition coefficient (Wildman–Crippen LogP) is 2.29. The number of benzene rings is 1. The molecule has 0 aliphatic rings. The monoisotopic (exact) mass is 350 g/mol. The summed E-state index contributed by atoms with van der Waals surface area (Å²) < 4.78 is 28.7. The molecule has 1 amide bonds. The standard InChI is InChI=1S/C17H22N2O4S/c1-11(9-10-14-7-5-4-6-8-14)19-17(20)15-12(2)23-13(3)16(15)24(18,21)22/h4-8,11H,9-10H2,1-3H3,(H,19,20)(H2,18,21,22). The first-order valence-corrected chi connectivity index (χ1v) is 9.22. The maximum absolute atomic E-state index is 12.5. The van der Waals surface area contributed by atoms with E-state index in [9.17, 15) is 13.2 Å². The Bertz CT molecular complexity index is 826. The van der Waals surface area contributed by atoms with Gasteiger partial charge in [-0.3, -0.25) is 4.79 Å². The summed E-state index contributed by atoms with van der Waals surface area (Å²) in [5, 5.41) is 8.02. The van der Waals surface area contributed by atoms with Crippen molar-refractivity contribution in [3.63, 3.8) is 0 Å². The predicted molar refractivity (Wildman–Crippen MR) is 91.2 cm³/mol. The lowest BCUT2D eigenvalue weighted by molar-refractivity contribution is 0.0934. The molecule has 0 saturated heterocycles. The Labute approximate surface area is 142 Å². The van der Waals surface area contributed by atoms with Crippen molar-refractivity contribution in [2.75, 3.05) is 0 Å². The Morgan fingerprint density at radius 2 is 1.83 bits per heavy atom. The minimum absolute atomic E-state index is 0.0124. The van der Waals surface area contributed by atoms with E-state index >= 15 is 0 Å². The molecule has 0 aliphatic carbocycles. The molecule has 0 spiro atoms. The van der Waals surface area contributed by atoms with Crippen LogP contribution in [-0.4, -0.2) is 20.4 Å². The van der Waals surface area contributed by atoms with E-state index in [0.717, 1.165) is 12.8 Å². The third kappa shape index (κ3) is 4.24. The maximum atomic E-state index is 12.5. The van der Waals surface area contributed by atoms with E-state index in [1.165, 1.54) is 12.5 Å². The Morgan fingerprint density at radius 1 is 1.21 bits per heavy atom. The molecule has 1 heterocycles. The molecule has 2 aromatic rings. The molecule has 1 aromatic heterocycles. The summed E-state index contributed by atoms with van der Waals surface area (Å²) in [5.74, 6) is -0.129. The summed E-state index contributed by atoms with van der Waals surface area (Å²) in [7, 11) is -4.03. The normalized spacial score (nSPS) is 12.8. The highest BCUT2D eigenvalue weighted by Gasteiger charge is 2.29. The number of carbonyl (C=O) groups excluding carboxylic acids is 1. The molecular formula is C17H22N2O4S. The molecule has 24 heavy (non-hydrogen) atoms. The molecule has 0 saturated carbocycles. The highest BCUT2D eigenvalue weighted by Crippen LogP contribution is 2.25. The number of nitrogens with two attached hydrogens (primary N) is 1. The maximum Gasteiger partial charge on any atom is 0.256 e. The number of hydrogen-bond donors (Lipinski definition) is 2. The van der Waals surface area contributed by atoms with Crippen molar-refractivity contribution < 1.29 is 17.6 Å². The summed E-state index contributed by atoms with van der Waals surface area (Å²) in [6.07, 6.45) is 1.55. The largest absolute Gasteiger partial charge is 0.464 e. The lowest BCUT2D eigenvalue weighted by Crippen LogP contribution is -2.34. The number of primary sulfonamides is 1. The van der Waals surface area contributed by atoms with E-state index < -0.39 is 15.9 Å². The molecule has 6 nitrogen and oxygen atoms in total. The van der Waals surface area contributed by atoms with E-state index in [4.69, 9.17) is 9.56 Å². The van der Waals surface area contributed by atoms with Gasteiger partial charge in [0.25, 0.3) is 5.91 Å². The van der Waals surface area contributed by atoms with Crippen molar-refractivity contribution in [3.05, 3.63) is 53.0 Å². The first kappa shape index (κ1) is 18.2. The summed E-state index contributed by atoms with van der Waals surface area (Å²) in [6, 6.07) is 9.81. The smallest absolute Gasteiger partial charge is 0.256 e. The molecule has 1 aromatic carbocycles. The van der Waals surface area contributed by atoms with Gasteiger partial charge < -0.3 is 9.73 Å². The van der Waals surface area contributed by atoms with Gasteiger partial charge in [-0.15, -0.1) is 0 Å². The number of aryl methyl sites for hydroxylation is 3. The number of carbonyl (C=O) groups is 1. The molecule has 1 unspecified atom stereocenters. The Kier molecular flexibility index (Phi) is 5.46. The Balaban J connectivity index is 2.10. The molecule has 0 fully saturated rings. The fourth-order valence-electron chi connectivity index (χ4n) is 2.66. The third-order valence-corrected chi connectivity index (χ3v) is 4.86. The summed E-state index contributed by atoms with van der Waals surface area (Å²) in [5.41, 5.74) is 1.17. The van der Waals surface area contributed by atoms with Gasteiger partial charge in [0.05, 0.1) is 0 Å². The molecule has 0 aliphatic heterocycles. The van der Waals surface area contributed by atoms with Crippen molar-refractivity contribution in [2.45, 2.75) is 44.6 Å². The zero-order valence-corrected chi connectivity index (χ0v) is 14.8. The SMILES string of the molecule is Cc1oc(C)c(S(N)(=O)=O)c1C(=O)NC(C)CCc1ccccc1. The molecule has 7 heteroatoms. The van der Waals surface area contributed by atoms with Gasteiger partial charge in [-0.05, 0) is 39.2 Å². The molecule has 1 atom stereocenters. The first-order valence-electron chi connectivity index (χ1n) is 7.67. The molecular weight excluding hydrogens is 328 g/mol. The average molecular weight is 350 g/mol. The second kappa shape index (κ2) is 7.19. The van der Waals surface area contributed by atoms with Gasteiger partial charge in [0.1, 0.15) is 22.0 Å². The van der Waals surface area contributed by atoms with Crippen molar-refractivity contribution in [1.29, 1.82) is 0 Å². The second-order valence-electron chi connectivity index (χ2n) is 5.86. The number of hydrogen-bond acceptors (Lipinski definition) is 4. The second-order valence-corrected chi connectivity index (χ2v) is 7.36. The quantitative estimate of drug-likeness (QED) is 0.834. The van der Waals surface area contributed by atoms with Crippen molar-refractivity contribution in [1.82, 2.24) is 5.32 Å². The fourth-order valence-corrected chi connectivity index (χ4v) is 3.63. The van der Waals surface area contributed by atoms with Gasteiger partial charge in [0, 0.05) is 6.04 Å². The molecule has 0 radical (unpaired) electrons. The summed E-state index contributed by atoms with van der Waals surface area (Å²) in [4.78, 5) is 12.2. The molecule has 2 rings (SSSR count). The van der Waals surface area contributed by atoms with Gasteiger partial charge in [-0.25, -0.2) is 13.6 Å². The van der Waals surface area contributed by atoms with Crippen LogP contribution in [0.15, 0.2) is 39.6 Å². The van der Waals surface area contributed by atoms with Crippen LogP contribution >= 0.6 is 0 Å². The lowest BCUT2D eigenvalue weighted by atomic mass is 10.1. The van der Waals surface area contributed by atoms with E-state index in [1.807, 2.05) is 37.3 Å². The van der Waals surface area contributed by atoms with Crippen LogP contribution in [0.4, 0.5) is 0 Å². The topological polar surface area (TPSA) is 102 Å². The Hall–Kier alpha value is -2.12. The number of nitrogens with one attached hydrogen (secondary N) is 1. The van der Waals surface area contributed by atoms with E-state index in [1.54, 1.807) is 6.92 Å². The van der Waals surface area contributed by atoms with Gasteiger partial charge in [0.2, 0.25) is 10.0 Å². The third-order valence-electron chi connectivity index (χ3n) is 3.80. The van der Waals surface area contributed by atoms with Gasteiger partial charge >= 0.3 is 0 Å². The zero-order valence-electron chi connectivity index (χ0n) is 14.0. The number of furan rings is 1.